The Morgan fingerprint density at radius 2 is 1.21 bits per heavy atom. The van der Waals surface area contributed by atoms with E-state index in [1.165, 1.54) is 7.11 Å². The summed E-state index contributed by atoms with van der Waals surface area (Å²) in [5.41, 5.74) is 1.08. The first-order chi connectivity index (χ1) is 23.3. The molecule has 0 bridgehead atoms. The van der Waals surface area contributed by atoms with E-state index in [1.54, 1.807) is 14.2 Å². The Morgan fingerprint density at radius 3 is 1.71 bits per heavy atom. The molecule has 8 nitrogen and oxygen atoms in total. The molecule has 8 heteroatoms. The van der Waals surface area contributed by atoms with E-state index in [9.17, 15) is 14.7 Å². The lowest BCUT2D eigenvalue weighted by molar-refractivity contribution is -0.141. The van der Waals surface area contributed by atoms with Crippen LogP contribution in [0, 0.1) is 0 Å². The van der Waals surface area contributed by atoms with Crippen molar-refractivity contribution >= 4 is 11.9 Å². The molecular formula is C40H53NO7. The number of amides is 1. The van der Waals surface area contributed by atoms with Crippen LogP contribution >= 0.6 is 0 Å². The number of unbranched alkanes of at least 4 members (excludes halogenated alkanes) is 7. The number of esters is 1. The molecule has 2 atom stereocenters. The second-order valence-corrected chi connectivity index (χ2v) is 13.1. The highest BCUT2D eigenvalue weighted by Gasteiger charge is 2.47. The van der Waals surface area contributed by atoms with Gasteiger partial charge in [0.15, 0.2) is 0 Å². The molecule has 0 spiro atoms. The number of carbonyl (C=O) groups excluding carboxylic acids is 2. The van der Waals surface area contributed by atoms with Crippen LogP contribution in [0.1, 0.15) is 94.2 Å². The molecule has 1 amide bonds. The van der Waals surface area contributed by atoms with Crippen molar-refractivity contribution in [3.63, 3.8) is 0 Å². The van der Waals surface area contributed by atoms with Gasteiger partial charge < -0.3 is 29.0 Å². The van der Waals surface area contributed by atoms with Crippen LogP contribution in [0.5, 0.6) is 11.5 Å². The van der Waals surface area contributed by atoms with Crippen LogP contribution in [0.3, 0.4) is 0 Å². The van der Waals surface area contributed by atoms with E-state index in [1.807, 2.05) is 78.6 Å². The minimum Gasteiger partial charge on any atom is -0.497 e. The standard InChI is InChI=1S/C40H53NO7/c1-39(28-34(42)29-41(39)37(43)18-14-9-7-5-6-8-10-15-19-38(44)47-4)30-48-40(31-16-12-11-13-17-31,32-20-24-35(45-2)25-21-32)33-22-26-36(46-3)27-23-33/h11-13,16-17,20-27,34,42H,5-10,14-15,18-19,28-30H2,1-4H3/t34?,39-/m0/s1. The summed E-state index contributed by atoms with van der Waals surface area (Å²) in [6, 6.07) is 25.9. The summed E-state index contributed by atoms with van der Waals surface area (Å²) in [6.07, 6.45) is 8.92. The van der Waals surface area contributed by atoms with E-state index in [0.29, 0.717) is 25.8 Å². The molecule has 1 aliphatic heterocycles. The van der Waals surface area contributed by atoms with Crippen LogP contribution in [-0.2, 0) is 24.7 Å². The maximum atomic E-state index is 13.7. The van der Waals surface area contributed by atoms with E-state index >= 15 is 0 Å². The Bertz CT molecular complexity index is 1360. The van der Waals surface area contributed by atoms with Gasteiger partial charge in [0.25, 0.3) is 0 Å². The maximum absolute atomic E-state index is 13.7. The van der Waals surface area contributed by atoms with Crippen LogP contribution in [0.4, 0.5) is 0 Å². The van der Waals surface area contributed by atoms with Gasteiger partial charge in [0, 0.05) is 25.8 Å². The van der Waals surface area contributed by atoms with Gasteiger partial charge in [-0.05, 0) is 60.7 Å². The second-order valence-electron chi connectivity index (χ2n) is 13.1. The predicted molar refractivity (Wildman–Crippen MR) is 187 cm³/mol. The summed E-state index contributed by atoms with van der Waals surface area (Å²) in [6.45, 7) is 2.55. The molecule has 3 aromatic rings. The molecule has 1 fully saturated rings. The molecular weight excluding hydrogens is 606 g/mol. The third kappa shape index (κ3) is 9.38. The first kappa shape index (κ1) is 36.9. The zero-order valence-corrected chi connectivity index (χ0v) is 29.1. The first-order valence-corrected chi connectivity index (χ1v) is 17.3. The average Bonchev–Trinajstić information content (AvgIpc) is 3.43. The summed E-state index contributed by atoms with van der Waals surface area (Å²) < 4.78 is 22.8. The van der Waals surface area contributed by atoms with Crippen molar-refractivity contribution in [1.82, 2.24) is 4.90 Å². The van der Waals surface area contributed by atoms with Crippen molar-refractivity contribution in [3.05, 3.63) is 95.6 Å². The summed E-state index contributed by atoms with van der Waals surface area (Å²) in [7, 11) is 4.72. The van der Waals surface area contributed by atoms with E-state index in [4.69, 9.17) is 18.9 Å². The Morgan fingerprint density at radius 1 is 0.729 bits per heavy atom. The summed E-state index contributed by atoms with van der Waals surface area (Å²) in [5.74, 6) is 1.40. The van der Waals surface area contributed by atoms with Crippen molar-refractivity contribution in [2.45, 2.75) is 94.8 Å². The fourth-order valence-electron chi connectivity index (χ4n) is 6.83. The molecule has 260 valence electrons. The number of methoxy groups -OCH3 is 3. The molecule has 0 radical (unpaired) electrons. The Balaban J connectivity index is 1.47. The number of aliphatic hydroxyl groups excluding tert-OH is 1. The maximum Gasteiger partial charge on any atom is 0.305 e. The lowest BCUT2D eigenvalue weighted by atomic mass is 9.79. The number of β-amino-alcohol motifs (C(OH)–C–C–N with tert-alkyl or cyclic N) is 1. The number of nitrogens with zero attached hydrogens (tertiary/aromatic N) is 1. The van der Waals surface area contributed by atoms with E-state index in [-0.39, 0.29) is 18.5 Å². The van der Waals surface area contributed by atoms with Crippen LogP contribution in [-0.4, -0.2) is 68.0 Å². The average molecular weight is 660 g/mol. The fourth-order valence-corrected chi connectivity index (χ4v) is 6.83. The SMILES string of the molecule is COC(=O)CCCCCCCCCCC(=O)N1CC(O)C[C@@]1(C)COC(c1ccccc1)(c1ccc(OC)cc1)c1ccc(OC)cc1. The first-order valence-electron chi connectivity index (χ1n) is 17.3. The van der Waals surface area contributed by atoms with Crippen molar-refractivity contribution in [2.75, 3.05) is 34.5 Å². The monoisotopic (exact) mass is 659 g/mol. The summed E-state index contributed by atoms with van der Waals surface area (Å²) in [4.78, 5) is 26.7. The van der Waals surface area contributed by atoms with Gasteiger partial charge in [-0.15, -0.1) is 0 Å². The highest BCUT2D eigenvalue weighted by Crippen LogP contribution is 2.43. The van der Waals surface area contributed by atoms with Gasteiger partial charge in [0.05, 0.1) is 39.6 Å². The number of likely N-dealkylation sites (tertiary alicyclic amines) is 1. The molecule has 1 unspecified atom stereocenters. The highest BCUT2D eigenvalue weighted by molar-refractivity contribution is 5.77. The molecule has 1 heterocycles. The van der Waals surface area contributed by atoms with Gasteiger partial charge in [-0.25, -0.2) is 0 Å². The van der Waals surface area contributed by atoms with Crippen LogP contribution < -0.4 is 9.47 Å². The normalized spacial score (nSPS) is 17.7. The molecule has 0 aliphatic carbocycles. The topological polar surface area (TPSA) is 94.5 Å². The number of aliphatic hydroxyl groups is 1. The number of hydrogen-bond acceptors (Lipinski definition) is 7. The van der Waals surface area contributed by atoms with Crippen molar-refractivity contribution in [3.8, 4) is 11.5 Å². The number of carbonyl (C=O) groups is 2. The van der Waals surface area contributed by atoms with Gasteiger partial charge in [0.1, 0.15) is 17.1 Å². The van der Waals surface area contributed by atoms with Gasteiger partial charge in [-0.2, -0.15) is 0 Å². The Kier molecular flexibility index (Phi) is 13.9. The minimum absolute atomic E-state index is 0.0552. The summed E-state index contributed by atoms with van der Waals surface area (Å²) >= 11 is 0. The van der Waals surface area contributed by atoms with Gasteiger partial charge in [-0.3, -0.25) is 9.59 Å². The Labute approximate surface area is 286 Å². The minimum atomic E-state index is -1.01. The third-order valence-electron chi connectivity index (χ3n) is 9.54. The fraction of sp³-hybridized carbons (Fsp3) is 0.500. The van der Waals surface area contributed by atoms with Crippen molar-refractivity contribution in [1.29, 1.82) is 0 Å². The zero-order chi connectivity index (χ0) is 34.4. The van der Waals surface area contributed by atoms with E-state index < -0.39 is 17.2 Å². The van der Waals surface area contributed by atoms with E-state index in [0.717, 1.165) is 79.6 Å². The second kappa shape index (κ2) is 18.0. The largest absolute Gasteiger partial charge is 0.497 e. The molecule has 48 heavy (non-hydrogen) atoms. The molecule has 3 aromatic carbocycles. The molecule has 0 saturated carbocycles. The molecule has 1 N–H and O–H groups in total. The number of rotatable bonds is 19. The van der Waals surface area contributed by atoms with Gasteiger partial charge in [0.2, 0.25) is 5.91 Å². The smallest absolute Gasteiger partial charge is 0.305 e. The van der Waals surface area contributed by atoms with Gasteiger partial charge >= 0.3 is 5.97 Å². The molecule has 0 aromatic heterocycles. The molecule has 4 rings (SSSR count). The van der Waals surface area contributed by atoms with E-state index in [2.05, 4.69) is 12.1 Å². The molecule has 1 aliphatic rings. The van der Waals surface area contributed by atoms with Crippen LogP contribution in [0.2, 0.25) is 0 Å². The van der Waals surface area contributed by atoms with Gasteiger partial charge in [-0.1, -0.05) is 93.1 Å². The number of benzene rings is 3. The lowest BCUT2D eigenvalue weighted by Gasteiger charge is -2.41. The number of hydrogen-bond donors (Lipinski definition) is 1. The van der Waals surface area contributed by atoms with Crippen LogP contribution in [0.15, 0.2) is 78.9 Å². The lowest BCUT2D eigenvalue weighted by Crippen LogP contribution is -2.50. The Hall–Kier alpha value is -3.88. The quantitative estimate of drug-likeness (QED) is 0.0812. The third-order valence-corrected chi connectivity index (χ3v) is 9.54. The predicted octanol–water partition coefficient (Wildman–Crippen LogP) is 7.44. The van der Waals surface area contributed by atoms with Crippen LogP contribution in [0.25, 0.3) is 0 Å². The number of ether oxygens (including phenoxy) is 4. The molecule has 1 saturated heterocycles. The van der Waals surface area contributed by atoms with Crippen molar-refractivity contribution < 1.29 is 33.6 Å². The summed E-state index contributed by atoms with van der Waals surface area (Å²) in [5, 5.41) is 10.9. The van der Waals surface area contributed by atoms with Crippen molar-refractivity contribution in [2.24, 2.45) is 0 Å². The highest BCUT2D eigenvalue weighted by atomic mass is 16.5. The zero-order valence-electron chi connectivity index (χ0n) is 29.1.